The van der Waals surface area contributed by atoms with Crippen LogP contribution < -0.4 is 9.47 Å². The molecule has 0 radical (unpaired) electrons. The van der Waals surface area contributed by atoms with Gasteiger partial charge in [0.15, 0.2) is 6.10 Å². The molecule has 31 heavy (non-hydrogen) atoms. The molecule has 0 saturated carbocycles. The minimum absolute atomic E-state index is 0.117. The molecule has 0 unspecified atom stereocenters. The van der Waals surface area contributed by atoms with Crippen LogP contribution in [0.4, 0.5) is 13.2 Å². The maximum Gasteiger partial charge on any atom is 0.416 e. The van der Waals surface area contributed by atoms with Crippen molar-refractivity contribution in [2.45, 2.75) is 32.0 Å². The zero-order valence-corrected chi connectivity index (χ0v) is 16.6. The molecule has 0 saturated heterocycles. The Labute approximate surface area is 177 Å². The number of halogens is 3. The molecule has 1 aliphatic rings. The van der Waals surface area contributed by atoms with Crippen LogP contribution in [0.25, 0.3) is 0 Å². The van der Waals surface area contributed by atoms with Crippen LogP contribution in [-0.2, 0) is 17.4 Å². The lowest BCUT2D eigenvalue weighted by Crippen LogP contribution is -2.07. The summed E-state index contributed by atoms with van der Waals surface area (Å²) in [7, 11) is 0. The smallest absolute Gasteiger partial charge is 0.416 e. The largest absolute Gasteiger partial charge is 0.457 e. The van der Waals surface area contributed by atoms with E-state index in [1.165, 1.54) is 12.1 Å². The third-order valence-electron chi connectivity index (χ3n) is 4.74. The number of aryl methyl sites for hydroxylation is 1. The van der Waals surface area contributed by atoms with Crippen molar-refractivity contribution < 1.29 is 27.5 Å². The van der Waals surface area contributed by atoms with Gasteiger partial charge in [-0.25, -0.2) is 0 Å². The van der Waals surface area contributed by atoms with Crippen LogP contribution in [-0.4, -0.2) is 10.9 Å². The van der Waals surface area contributed by atoms with Crippen molar-refractivity contribution in [3.8, 4) is 17.2 Å². The van der Waals surface area contributed by atoms with Crippen LogP contribution in [0.2, 0.25) is 0 Å². The Morgan fingerprint density at radius 3 is 2.61 bits per heavy atom. The molecule has 0 spiro atoms. The number of aromatic nitrogens is 1. The average Bonchev–Trinajstić information content (AvgIpc) is 3.22. The van der Waals surface area contributed by atoms with Gasteiger partial charge in [0.25, 0.3) is 0 Å². The summed E-state index contributed by atoms with van der Waals surface area (Å²) in [5.74, 6) is 1.56. The average molecular weight is 428 g/mol. The summed E-state index contributed by atoms with van der Waals surface area (Å²) in [5, 5.41) is 3.98. The van der Waals surface area contributed by atoms with Crippen LogP contribution in [0.5, 0.6) is 17.2 Å². The highest BCUT2D eigenvalue weighted by Gasteiger charge is 2.31. The van der Waals surface area contributed by atoms with Crippen LogP contribution >= 0.6 is 0 Å². The number of pyridine rings is 1. The van der Waals surface area contributed by atoms with Gasteiger partial charge in [-0.15, -0.1) is 0 Å². The highest BCUT2D eigenvalue weighted by atomic mass is 19.4. The standard InChI is InChI=1S/C23H19F3N2O3/c1-2-15-8-9-16(21-13-22(28-31-21)30-19-7-4-10-27-14-19)11-20(15)29-18-6-3-5-17(12-18)23(24,25)26/h3-12,14,21H,2,13H2,1H3/t21-/m0/s1. The molecule has 5 nitrogen and oxygen atoms in total. The van der Waals surface area contributed by atoms with Gasteiger partial charge in [0.2, 0.25) is 5.90 Å². The second-order valence-electron chi connectivity index (χ2n) is 6.92. The molecular formula is C23H19F3N2O3. The van der Waals surface area contributed by atoms with E-state index in [0.717, 1.165) is 23.3 Å². The first-order valence-electron chi connectivity index (χ1n) is 9.71. The van der Waals surface area contributed by atoms with Crippen LogP contribution in [0.15, 0.2) is 72.1 Å². The zero-order valence-electron chi connectivity index (χ0n) is 16.6. The van der Waals surface area contributed by atoms with E-state index in [0.29, 0.717) is 30.2 Å². The fourth-order valence-electron chi connectivity index (χ4n) is 3.16. The lowest BCUT2D eigenvalue weighted by molar-refractivity contribution is -0.137. The SMILES string of the molecule is CCc1ccc([C@@H]2CC(Oc3cccnc3)=NO2)cc1Oc1cccc(C(F)(F)F)c1. The Hall–Kier alpha value is -3.55. The number of hydrogen-bond donors (Lipinski definition) is 0. The number of benzene rings is 2. The summed E-state index contributed by atoms with van der Waals surface area (Å²) in [6.45, 7) is 1.95. The fourth-order valence-corrected chi connectivity index (χ4v) is 3.16. The maximum atomic E-state index is 13.0. The Morgan fingerprint density at radius 2 is 1.87 bits per heavy atom. The van der Waals surface area contributed by atoms with E-state index in [1.54, 1.807) is 30.6 Å². The maximum absolute atomic E-state index is 13.0. The summed E-state index contributed by atoms with van der Waals surface area (Å²) >= 11 is 0. The molecule has 4 rings (SSSR count). The number of ether oxygens (including phenoxy) is 2. The minimum atomic E-state index is -4.44. The number of rotatable bonds is 5. The third kappa shape index (κ3) is 4.96. The van der Waals surface area contributed by atoms with Crippen LogP contribution in [0, 0.1) is 0 Å². The fraction of sp³-hybridized carbons (Fsp3) is 0.217. The topological polar surface area (TPSA) is 52.9 Å². The van der Waals surface area contributed by atoms with E-state index in [4.69, 9.17) is 14.3 Å². The van der Waals surface area contributed by atoms with Crippen molar-refractivity contribution in [2.24, 2.45) is 5.16 Å². The molecule has 1 atom stereocenters. The Morgan fingerprint density at radius 1 is 1.03 bits per heavy atom. The molecular weight excluding hydrogens is 409 g/mol. The Kier molecular flexibility index (Phi) is 5.79. The van der Waals surface area contributed by atoms with Crippen molar-refractivity contribution in [3.63, 3.8) is 0 Å². The summed E-state index contributed by atoms with van der Waals surface area (Å²) < 4.78 is 50.5. The van der Waals surface area contributed by atoms with Crippen molar-refractivity contribution in [3.05, 3.63) is 83.7 Å². The first-order chi connectivity index (χ1) is 14.9. The molecule has 160 valence electrons. The highest BCUT2D eigenvalue weighted by Crippen LogP contribution is 2.36. The van der Waals surface area contributed by atoms with Gasteiger partial charge in [0.1, 0.15) is 17.2 Å². The Bertz CT molecular complexity index is 1080. The Balaban J connectivity index is 1.51. The molecule has 2 aromatic carbocycles. The van der Waals surface area contributed by atoms with Crippen molar-refractivity contribution in [1.29, 1.82) is 0 Å². The van der Waals surface area contributed by atoms with E-state index in [-0.39, 0.29) is 11.9 Å². The first-order valence-corrected chi connectivity index (χ1v) is 9.71. The molecule has 3 aromatic rings. The quantitative estimate of drug-likeness (QED) is 0.478. The number of hydrogen-bond acceptors (Lipinski definition) is 5. The van der Waals surface area contributed by atoms with Gasteiger partial charge in [0, 0.05) is 6.20 Å². The van der Waals surface area contributed by atoms with E-state index < -0.39 is 11.7 Å². The lowest BCUT2D eigenvalue weighted by atomic mass is 10.0. The predicted octanol–water partition coefficient (Wildman–Crippen LogP) is 6.31. The van der Waals surface area contributed by atoms with Crippen molar-refractivity contribution >= 4 is 5.90 Å². The van der Waals surface area contributed by atoms with E-state index in [9.17, 15) is 13.2 Å². The summed E-state index contributed by atoms with van der Waals surface area (Å²) in [6.07, 6.45) is -0.540. The molecule has 1 aliphatic heterocycles. The summed E-state index contributed by atoms with van der Waals surface area (Å²) in [5.41, 5.74) is 0.892. The second-order valence-corrected chi connectivity index (χ2v) is 6.92. The van der Waals surface area contributed by atoms with Gasteiger partial charge < -0.3 is 14.3 Å². The number of alkyl halides is 3. The molecule has 1 aromatic heterocycles. The lowest BCUT2D eigenvalue weighted by Gasteiger charge is -2.15. The highest BCUT2D eigenvalue weighted by molar-refractivity contribution is 5.79. The zero-order chi connectivity index (χ0) is 21.8. The third-order valence-corrected chi connectivity index (χ3v) is 4.74. The molecule has 2 heterocycles. The predicted molar refractivity (Wildman–Crippen MR) is 108 cm³/mol. The normalized spacial score (nSPS) is 15.9. The van der Waals surface area contributed by atoms with Crippen LogP contribution in [0.3, 0.4) is 0 Å². The van der Waals surface area contributed by atoms with E-state index in [2.05, 4.69) is 10.1 Å². The van der Waals surface area contributed by atoms with E-state index in [1.807, 2.05) is 19.1 Å². The second kappa shape index (κ2) is 8.67. The van der Waals surface area contributed by atoms with Gasteiger partial charge >= 0.3 is 6.18 Å². The van der Waals surface area contributed by atoms with Gasteiger partial charge in [-0.1, -0.05) is 30.3 Å². The molecule has 0 aliphatic carbocycles. The van der Waals surface area contributed by atoms with Gasteiger partial charge in [0.05, 0.1) is 18.2 Å². The van der Waals surface area contributed by atoms with Gasteiger partial charge in [-0.05, 0) is 53.9 Å². The van der Waals surface area contributed by atoms with Gasteiger partial charge in [-0.3, -0.25) is 4.98 Å². The summed E-state index contributed by atoms with van der Waals surface area (Å²) in [6, 6.07) is 13.9. The van der Waals surface area contributed by atoms with Crippen molar-refractivity contribution in [1.82, 2.24) is 4.98 Å². The number of oxime groups is 1. The van der Waals surface area contributed by atoms with E-state index >= 15 is 0 Å². The molecule has 8 heteroatoms. The summed E-state index contributed by atoms with van der Waals surface area (Å²) in [4.78, 5) is 9.49. The molecule has 0 bridgehead atoms. The monoisotopic (exact) mass is 428 g/mol. The molecule has 0 fully saturated rings. The minimum Gasteiger partial charge on any atom is -0.457 e. The van der Waals surface area contributed by atoms with Gasteiger partial charge in [-0.2, -0.15) is 13.2 Å². The van der Waals surface area contributed by atoms with Crippen molar-refractivity contribution in [2.75, 3.05) is 0 Å². The number of nitrogens with zero attached hydrogens (tertiary/aromatic N) is 2. The molecule has 0 N–H and O–H groups in total. The first kappa shape index (κ1) is 20.7. The molecule has 0 amide bonds. The van der Waals surface area contributed by atoms with Crippen LogP contribution in [0.1, 0.15) is 36.1 Å².